The number of anilines is 1. The Bertz CT molecular complexity index is 346. The van der Waals surface area contributed by atoms with Crippen molar-refractivity contribution in [3.63, 3.8) is 0 Å². The first-order chi connectivity index (χ1) is 6.63. The number of amides is 1. The summed E-state index contributed by atoms with van der Waals surface area (Å²) in [6, 6.07) is 3.93. The molecular weight excluding hydrogens is 255 g/mol. The van der Waals surface area contributed by atoms with Gasteiger partial charge in [-0.25, -0.2) is 4.39 Å². The first-order valence-electron chi connectivity index (χ1n) is 3.75. The topological polar surface area (TPSA) is 61.4 Å². The van der Waals surface area contributed by atoms with Gasteiger partial charge in [0.2, 0.25) is 5.91 Å². The number of hydrogen-bond acceptors (Lipinski definition) is 3. The molecule has 1 amide bonds. The van der Waals surface area contributed by atoms with E-state index < -0.39 is 11.7 Å². The molecular formula is C8H8BrFN2O2. The molecule has 0 spiro atoms. The van der Waals surface area contributed by atoms with E-state index in [0.29, 0.717) is 10.2 Å². The summed E-state index contributed by atoms with van der Waals surface area (Å²) in [5, 5.41) is 10.6. The quantitative estimate of drug-likeness (QED) is 0.724. The van der Waals surface area contributed by atoms with Crippen LogP contribution in [0.25, 0.3) is 0 Å². The number of hydroxylamine groups is 1. The molecule has 0 radical (unpaired) electrons. The van der Waals surface area contributed by atoms with Gasteiger partial charge < -0.3 is 10.5 Å². The van der Waals surface area contributed by atoms with Crippen LogP contribution in [0, 0.1) is 5.82 Å². The molecule has 0 saturated heterocycles. The lowest BCUT2D eigenvalue weighted by Crippen LogP contribution is -2.25. The van der Waals surface area contributed by atoms with Crippen LogP contribution in [0.1, 0.15) is 0 Å². The molecule has 0 aliphatic heterocycles. The molecule has 0 aliphatic rings. The Morgan fingerprint density at radius 2 is 2.29 bits per heavy atom. The standard InChI is InChI=1S/C8H8BrFN2O2/c9-6-2-1-5(10)3-7(6)12-8(13)4-11-14/h1-3,11,14H,4H2,(H,12,13). The summed E-state index contributed by atoms with van der Waals surface area (Å²) in [6.45, 7) is -0.247. The van der Waals surface area contributed by atoms with Crippen LogP contribution in [0.4, 0.5) is 10.1 Å². The maximum absolute atomic E-state index is 12.7. The van der Waals surface area contributed by atoms with E-state index >= 15 is 0 Å². The highest BCUT2D eigenvalue weighted by molar-refractivity contribution is 9.10. The fourth-order valence-corrected chi connectivity index (χ4v) is 1.21. The average molecular weight is 263 g/mol. The number of rotatable bonds is 3. The fraction of sp³-hybridized carbons (Fsp3) is 0.125. The summed E-state index contributed by atoms with van der Waals surface area (Å²) >= 11 is 3.15. The van der Waals surface area contributed by atoms with Crippen molar-refractivity contribution in [2.45, 2.75) is 0 Å². The number of hydrogen-bond donors (Lipinski definition) is 3. The van der Waals surface area contributed by atoms with E-state index in [1.54, 1.807) is 5.48 Å². The van der Waals surface area contributed by atoms with Gasteiger partial charge in [-0.15, -0.1) is 0 Å². The van der Waals surface area contributed by atoms with Gasteiger partial charge in [-0.05, 0) is 34.1 Å². The number of halogens is 2. The highest BCUT2D eigenvalue weighted by Gasteiger charge is 2.05. The van der Waals surface area contributed by atoms with Crippen molar-refractivity contribution in [2.75, 3.05) is 11.9 Å². The summed E-state index contributed by atoms with van der Waals surface area (Å²) in [5.74, 6) is -0.903. The molecule has 0 fully saturated rings. The largest absolute Gasteiger partial charge is 0.324 e. The summed E-state index contributed by atoms with van der Waals surface area (Å²) in [7, 11) is 0. The van der Waals surface area contributed by atoms with Gasteiger partial charge in [-0.3, -0.25) is 4.79 Å². The lowest BCUT2D eigenvalue weighted by molar-refractivity contribution is -0.116. The van der Waals surface area contributed by atoms with Gasteiger partial charge in [0.1, 0.15) is 12.4 Å². The van der Waals surface area contributed by atoms with Crippen LogP contribution < -0.4 is 10.8 Å². The Balaban J connectivity index is 2.75. The zero-order valence-corrected chi connectivity index (χ0v) is 8.64. The smallest absolute Gasteiger partial charge is 0.240 e. The molecule has 14 heavy (non-hydrogen) atoms. The third-order valence-electron chi connectivity index (χ3n) is 1.44. The van der Waals surface area contributed by atoms with Crippen LogP contribution in [0.15, 0.2) is 22.7 Å². The molecule has 1 aromatic carbocycles. The Hall–Kier alpha value is -0.980. The van der Waals surface area contributed by atoms with Gasteiger partial charge in [-0.2, -0.15) is 5.48 Å². The molecule has 1 rings (SSSR count). The van der Waals surface area contributed by atoms with Gasteiger partial charge in [0.15, 0.2) is 0 Å². The van der Waals surface area contributed by atoms with Gasteiger partial charge in [0, 0.05) is 4.47 Å². The maximum atomic E-state index is 12.7. The van der Waals surface area contributed by atoms with Crippen molar-refractivity contribution in [3.8, 4) is 0 Å². The van der Waals surface area contributed by atoms with Crippen LogP contribution in [0.5, 0.6) is 0 Å². The second kappa shape index (κ2) is 5.04. The van der Waals surface area contributed by atoms with Crippen LogP contribution in [-0.2, 0) is 4.79 Å². The van der Waals surface area contributed by atoms with E-state index in [0.717, 1.165) is 0 Å². The van der Waals surface area contributed by atoms with Gasteiger partial charge >= 0.3 is 0 Å². The molecule has 0 heterocycles. The van der Waals surface area contributed by atoms with Crippen LogP contribution in [0.3, 0.4) is 0 Å². The van der Waals surface area contributed by atoms with Crippen molar-refractivity contribution in [1.82, 2.24) is 5.48 Å². The van der Waals surface area contributed by atoms with Crippen LogP contribution >= 0.6 is 15.9 Å². The number of nitrogens with one attached hydrogen (secondary N) is 2. The highest BCUT2D eigenvalue weighted by Crippen LogP contribution is 2.22. The monoisotopic (exact) mass is 262 g/mol. The average Bonchev–Trinajstić information content (AvgIpc) is 2.12. The minimum atomic E-state index is -0.459. The zero-order chi connectivity index (χ0) is 10.6. The molecule has 0 atom stereocenters. The molecule has 6 heteroatoms. The molecule has 0 aliphatic carbocycles. The summed E-state index contributed by atoms with van der Waals surface area (Å²) in [5.41, 5.74) is 2.03. The van der Waals surface area contributed by atoms with E-state index in [4.69, 9.17) is 5.21 Å². The molecule has 0 bridgehead atoms. The summed E-state index contributed by atoms with van der Waals surface area (Å²) < 4.78 is 13.3. The van der Waals surface area contributed by atoms with E-state index in [-0.39, 0.29) is 6.54 Å². The lowest BCUT2D eigenvalue weighted by Gasteiger charge is -2.06. The van der Waals surface area contributed by atoms with E-state index in [1.165, 1.54) is 18.2 Å². The predicted molar refractivity (Wildman–Crippen MR) is 52.5 cm³/mol. The fourth-order valence-electron chi connectivity index (χ4n) is 0.859. The van der Waals surface area contributed by atoms with E-state index in [9.17, 15) is 9.18 Å². The highest BCUT2D eigenvalue weighted by atomic mass is 79.9. The number of carbonyl (C=O) groups excluding carboxylic acids is 1. The first kappa shape index (κ1) is 11.1. The van der Waals surface area contributed by atoms with Crippen LogP contribution in [-0.4, -0.2) is 17.7 Å². The lowest BCUT2D eigenvalue weighted by atomic mass is 10.3. The van der Waals surface area contributed by atoms with E-state index in [2.05, 4.69) is 21.2 Å². The third-order valence-corrected chi connectivity index (χ3v) is 2.13. The summed E-state index contributed by atoms with van der Waals surface area (Å²) in [6.07, 6.45) is 0. The van der Waals surface area contributed by atoms with Gasteiger partial charge in [-0.1, -0.05) is 0 Å². The third kappa shape index (κ3) is 3.06. The van der Waals surface area contributed by atoms with E-state index in [1.807, 2.05) is 0 Å². The van der Waals surface area contributed by atoms with Crippen molar-refractivity contribution in [1.29, 1.82) is 0 Å². The Morgan fingerprint density at radius 3 is 2.93 bits per heavy atom. The Kier molecular flexibility index (Phi) is 3.99. The molecule has 0 saturated carbocycles. The minimum absolute atomic E-state index is 0.247. The Morgan fingerprint density at radius 1 is 1.57 bits per heavy atom. The van der Waals surface area contributed by atoms with Crippen LogP contribution in [0.2, 0.25) is 0 Å². The molecule has 3 N–H and O–H groups in total. The number of carbonyl (C=O) groups is 1. The minimum Gasteiger partial charge on any atom is -0.324 e. The molecule has 4 nitrogen and oxygen atoms in total. The van der Waals surface area contributed by atoms with Crippen molar-refractivity contribution >= 4 is 27.5 Å². The maximum Gasteiger partial charge on any atom is 0.240 e. The van der Waals surface area contributed by atoms with Crippen molar-refractivity contribution < 1.29 is 14.4 Å². The molecule has 0 aromatic heterocycles. The first-order valence-corrected chi connectivity index (χ1v) is 4.54. The molecule has 76 valence electrons. The summed E-state index contributed by atoms with van der Waals surface area (Å²) in [4.78, 5) is 11.0. The second-order valence-corrected chi connectivity index (χ2v) is 3.36. The van der Waals surface area contributed by atoms with Crippen molar-refractivity contribution in [3.05, 3.63) is 28.5 Å². The van der Waals surface area contributed by atoms with Gasteiger partial charge in [0.05, 0.1) is 5.69 Å². The SMILES string of the molecule is O=C(CNO)Nc1cc(F)ccc1Br. The molecule has 0 unspecified atom stereocenters. The second-order valence-electron chi connectivity index (χ2n) is 2.51. The zero-order valence-electron chi connectivity index (χ0n) is 7.05. The predicted octanol–water partition coefficient (Wildman–Crippen LogP) is 1.51. The number of benzene rings is 1. The normalized spacial score (nSPS) is 9.93. The van der Waals surface area contributed by atoms with Crippen molar-refractivity contribution in [2.24, 2.45) is 0 Å². The molecule has 1 aromatic rings. The Labute approximate surface area is 88.2 Å². The van der Waals surface area contributed by atoms with Gasteiger partial charge in [0.25, 0.3) is 0 Å².